The number of thiazole rings is 1. The number of carbonyl (C=O) groups is 1. The molecule has 1 N–H and O–H groups in total. The van der Waals surface area contributed by atoms with Crippen molar-refractivity contribution in [3.05, 3.63) is 59.4 Å². The lowest BCUT2D eigenvalue weighted by atomic mass is 10.1. The number of benzene rings is 2. The highest BCUT2D eigenvalue weighted by Gasteiger charge is 2.19. The Labute approximate surface area is 188 Å². The van der Waals surface area contributed by atoms with Crippen molar-refractivity contribution in [2.24, 2.45) is 7.05 Å². The molecule has 4 rings (SSSR count). The lowest BCUT2D eigenvalue weighted by Gasteiger charge is -2.16. The number of aryl methyl sites for hydroxylation is 1. The number of nitrogens with one attached hydrogen (secondary N) is 1. The standard InChI is InChI=1S/C22H23N5O2S2/c1-13-8-7-10-17(14(13)2)29-15(3)20-25-26-22(27(20)4)30-12-19(28)24-21-23-16-9-5-6-11-18(16)31-21/h5-11,15H,12H2,1-4H3,(H,23,24,28). The first-order valence-corrected chi connectivity index (χ1v) is 11.6. The quantitative estimate of drug-likeness (QED) is 0.400. The summed E-state index contributed by atoms with van der Waals surface area (Å²) in [4.78, 5) is 16.8. The summed E-state index contributed by atoms with van der Waals surface area (Å²) < 4.78 is 9.03. The second-order valence-corrected chi connectivity index (χ2v) is 9.15. The molecule has 7 nitrogen and oxygen atoms in total. The fourth-order valence-corrected chi connectivity index (χ4v) is 4.71. The zero-order valence-corrected chi connectivity index (χ0v) is 19.4. The van der Waals surface area contributed by atoms with Crippen LogP contribution in [0.25, 0.3) is 10.2 Å². The SMILES string of the molecule is Cc1cccc(OC(C)c2nnc(SCC(=O)Nc3nc4ccccc4s3)n2C)c1C. The van der Waals surface area contributed by atoms with E-state index in [0.717, 1.165) is 21.5 Å². The molecule has 9 heteroatoms. The Kier molecular flexibility index (Phi) is 6.24. The smallest absolute Gasteiger partial charge is 0.236 e. The van der Waals surface area contributed by atoms with Gasteiger partial charge >= 0.3 is 0 Å². The molecule has 0 fully saturated rings. The van der Waals surface area contributed by atoms with E-state index in [0.29, 0.717) is 16.1 Å². The predicted molar refractivity (Wildman–Crippen MR) is 125 cm³/mol. The minimum absolute atomic E-state index is 0.131. The van der Waals surface area contributed by atoms with Crippen LogP contribution in [0.1, 0.15) is 30.0 Å². The number of hydrogen-bond acceptors (Lipinski definition) is 7. The zero-order chi connectivity index (χ0) is 22.0. The van der Waals surface area contributed by atoms with E-state index in [4.69, 9.17) is 4.74 Å². The summed E-state index contributed by atoms with van der Waals surface area (Å²) in [5.74, 6) is 1.62. The van der Waals surface area contributed by atoms with E-state index in [1.165, 1.54) is 28.7 Å². The number of carbonyl (C=O) groups excluding carboxylic acids is 1. The normalized spacial score (nSPS) is 12.1. The number of para-hydroxylation sites is 1. The molecule has 2 aromatic heterocycles. The summed E-state index contributed by atoms with van der Waals surface area (Å²) in [5, 5.41) is 12.6. The number of amides is 1. The van der Waals surface area contributed by atoms with Gasteiger partial charge in [-0.2, -0.15) is 0 Å². The highest BCUT2D eigenvalue weighted by Crippen LogP contribution is 2.28. The number of aromatic nitrogens is 4. The van der Waals surface area contributed by atoms with Crippen LogP contribution in [0.3, 0.4) is 0 Å². The van der Waals surface area contributed by atoms with Crippen molar-refractivity contribution in [2.45, 2.75) is 32.0 Å². The number of anilines is 1. The zero-order valence-electron chi connectivity index (χ0n) is 17.7. The van der Waals surface area contributed by atoms with E-state index in [1.54, 1.807) is 0 Å². The van der Waals surface area contributed by atoms with Gasteiger partial charge in [-0.25, -0.2) is 4.98 Å². The number of fused-ring (bicyclic) bond motifs is 1. The van der Waals surface area contributed by atoms with E-state index in [9.17, 15) is 4.79 Å². The van der Waals surface area contributed by atoms with E-state index in [1.807, 2.05) is 61.9 Å². The van der Waals surface area contributed by atoms with Crippen LogP contribution in [0.2, 0.25) is 0 Å². The molecular weight excluding hydrogens is 430 g/mol. The molecule has 31 heavy (non-hydrogen) atoms. The highest BCUT2D eigenvalue weighted by atomic mass is 32.2. The Morgan fingerprint density at radius 1 is 1.19 bits per heavy atom. The topological polar surface area (TPSA) is 81.9 Å². The van der Waals surface area contributed by atoms with E-state index in [2.05, 4.69) is 33.5 Å². The van der Waals surface area contributed by atoms with Gasteiger partial charge in [-0.05, 0) is 50.1 Å². The molecule has 0 saturated heterocycles. The molecule has 160 valence electrons. The van der Waals surface area contributed by atoms with Gasteiger partial charge in [0.25, 0.3) is 0 Å². The number of rotatable bonds is 7. The van der Waals surface area contributed by atoms with Crippen LogP contribution in [0.5, 0.6) is 5.75 Å². The van der Waals surface area contributed by atoms with Crippen LogP contribution >= 0.6 is 23.1 Å². The Hall–Kier alpha value is -2.91. The van der Waals surface area contributed by atoms with Gasteiger partial charge in [-0.1, -0.05) is 47.4 Å². The molecule has 2 heterocycles. The lowest BCUT2D eigenvalue weighted by Crippen LogP contribution is -2.14. The van der Waals surface area contributed by atoms with Gasteiger partial charge < -0.3 is 14.6 Å². The summed E-state index contributed by atoms with van der Waals surface area (Å²) in [6.07, 6.45) is -0.274. The van der Waals surface area contributed by atoms with Crippen molar-refractivity contribution in [1.82, 2.24) is 19.7 Å². The fourth-order valence-electron chi connectivity index (χ4n) is 3.11. The highest BCUT2D eigenvalue weighted by molar-refractivity contribution is 7.99. The van der Waals surface area contributed by atoms with Gasteiger partial charge in [0.2, 0.25) is 5.91 Å². The van der Waals surface area contributed by atoms with Gasteiger partial charge in [-0.15, -0.1) is 10.2 Å². The fraction of sp³-hybridized carbons (Fsp3) is 0.273. The Balaban J connectivity index is 1.37. The van der Waals surface area contributed by atoms with Gasteiger partial charge in [0.1, 0.15) is 5.75 Å². The van der Waals surface area contributed by atoms with Crippen molar-refractivity contribution in [2.75, 3.05) is 11.1 Å². The van der Waals surface area contributed by atoms with Crippen LogP contribution in [0.4, 0.5) is 5.13 Å². The van der Waals surface area contributed by atoms with Crippen LogP contribution in [-0.4, -0.2) is 31.4 Å². The van der Waals surface area contributed by atoms with Gasteiger partial charge in [-0.3, -0.25) is 4.79 Å². The molecule has 0 aliphatic rings. The molecule has 1 atom stereocenters. The first-order chi connectivity index (χ1) is 14.9. The van der Waals surface area contributed by atoms with Crippen LogP contribution in [0, 0.1) is 13.8 Å². The van der Waals surface area contributed by atoms with Crippen molar-refractivity contribution >= 4 is 44.4 Å². The number of hydrogen-bond donors (Lipinski definition) is 1. The third-order valence-electron chi connectivity index (χ3n) is 4.96. The van der Waals surface area contributed by atoms with E-state index >= 15 is 0 Å². The molecule has 0 bridgehead atoms. The second-order valence-electron chi connectivity index (χ2n) is 7.18. The maximum atomic E-state index is 12.4. The average molecular weight is 454 g/mol. The first-order valence-electron chi connectivity index (χ1n) is 9.82. The van der Waals surface area contributed by atoms with Gasteiger partial charge in [0, 0.05) is 7.05 Å². The molecule has 0 spiro atoms. The first kappa shape index (κ1) is 21.3. The van der Waals surface area contributed by atoms with Crippen molar-refractivity contribution in [3.8, 4) is 5.75 Å². The molecule has 0 saturated carbocycles. The molecule has 4 aromatic rings. The van der Waals surface area contributed by atoms with E-state index in [-0.39, 0.29) is 17.8 Å². The second kappa shape index (κ2) is 9.07. The summed E-state index contributed by atoms with van der Waals surface area (Å²) in [5.41, 5.74) is 3.17. The van der Waals surface area contributed by atoms with Crippen molar-refractivity contribution in [3.63, 3.8) is 0 Å². The van der Waals surface area contributed by atoms with Crippen LogP contribution in [0.15, 0.2) is 47.6 Å². The third-order valence-corrected chi connectivity index (χ3v) is 6.94. The maximum Gasteiger partial charge on any atom is 0.236 e. The molecule has 2 aromatic carbocycles. The molecule has 0 aliphatic heterocycles. The average Bonchev–Trinajstić information content (AvgIpc) is 3.32. The van der Waals surface area contributed by atoms with Crippen molar-refractivity contribution < 1.29 is 9.53 Å². The molecular formula is C22H23N5O2S2. The molecule has 0 aliphatic carbocycles. The summed E-state index contributed by atoms with van der Waals surface area (Å²) in [6, 6.07) is 13.8. The number of thioether (sulfide) groups is 1. The van der Waals surface area contributed by atoms with E-state index < -0.39 is 0 Å². The third kappa shape index (κ3) is 4.72. The van der Waals surface area contributed by atoms with Gasteiger partial charge in [0.05, 0.1) is 16.0 Å². The Bertz CT molecular complexity index is 1200. The maximum absolute atomic E-state index is 12.4. The van der Waals surface area contributed by atoms with Crippen molar-refractivity contribution in [1.29, 1.82) is 0 Å². The molecule has 1 unspecified atom stereocenters. The summed E-state index contributed by atoms with van der Waals surface area (Å²) >= 11 is 2.79. The minimum atomic E-state index is -0.274. The molecule has 0 radical (unpaired) electrons. The minimum Gasteiger partial charge on any atom is -0.482 e. The Morgan fingerprint density at radius 2 is 2.00 bits per heavy atom. The van der Waals surface area contributed by atoms with Crippen LogP contribution < -0.4 is 10.1 Å². The monoisotopic (exact) mass is 453 g/mol. The molecule has 1 amide bonds. The number of ether oxygens (including phenoxy) is 1. The largest absolute Gasteiger partial charge is 0.482 e. The Morgan fingerprint density at radius 3 is 2.81 bits per heavy atom. The number of nitrogens with zero attached hydrogens (tertiary/aromatic N) is 4. The predicted octanol–water partition coefficient (Wildman–Crippen LogP) is 4.91. The lowest BCUT2D eigenvalue weighted by molar-refractivity contribution is -0.113. The summed E-state index contributed by atoms with van der Waals surface area (Å²) in [7, 11) is 1.88. The van der Waals surface area contributed by atoms with Gasteiger partial charge in [0.15, 0.2) is 22.2 Å². The van der Waals surface area contributed by atoms with Crippen LogP contribution in [-0.2, 0) is 11.8 Å². The summed E-state index contributed by atoms with van der Waals surface area (Å²) in [6.45, 7) is 6.04.